The van der Waals surface area contributed by atoms with E-state index < -0.39 is 160 Å². The van der Waals surface area contributed by atoms with E-state index in [9.17, 15) is 9.59 Å². The molecule has 29 heteroatoms. The number of carbonyl (C=O) groups excluding carboxylic acids is 2. The molecule has 0 amide bonds. The number of rotatable bonds is 24. The van der Waals surface area contributed by atoms with Gasteiger partial charge in [0.05, 0.1) is 125 Å². The van der Waals surface area contributed by atoms with Gasteiger partial charge in [0.1, 0.15) is 66.6 Å². The van der Waals surface area contributed by atoms with Crippen LogP contribution in [0.2, 0.25) is 16.6 Å². The number of benzene rings is 5. The van der Waals surface area contributed by atoms with Crippen LogP contribution in [0.25, 0.3) is 10.8 Å². The monoisotopic (exact) mass is 1960 g/mol. The predicted octanol–water partition coefficient (Wildman–Crippen LogP) is 17.0. The average Bonchev–Trinajstić information content (AvgIpc) is 1.60. The molecule has 26 nitrogen and oxygen atoms in total. The first kappa shape index (κ1) is 114. The van der Waals surface area contributed by atoms with Crippen LogP contribution in [0.4, 0.5) is 0 Å². The van der Waals surface area contributed by atoms with E-state index in [-0.39, 0.29) is 101 Å². The fourth-order valence-electron chi connectivity index (χ4n) is 22.1. The summed E-state index contributed by atoms with van der Waals surface area (Å²) >= 11 is 0. The first-order chi connectivity index (χ1) is 64.4. The quantitative estimate of drug-likeness (QED) is 0.0182. The number of hydrogen-bond donors (Lipinski definition) is 0. The van der Waals surface area contributed by atoms with E-state index in [0.29, 0.717) is 87.8 Å². The molecule has 135 heavy (non-hydrogen) atoms. The molecule has 31 atom stereocenters. The van der Waals surface area contributed by atoms with E-state index in [0.717, 1.165) is 22.3 Å². The number of allylic oxidation sites excluding steroid dienone is 2. The molecule has 1 spiro atoms. The molecule has 11 heterocycles. The third kappa shape index (κ3) is 27.6. The van der Waals surface area contributed by atoms with Crippen LogP contribution in [0, 0.1) is 75.7 Å². The van der Waals surface area contributed by atoms with Crippen molar-refractivity contribution in [1.82, 2.24) is 0 Å². The van der Waals surface area contributed by atoms with Gasteiger partial charge in [-0.25, -0.2) is 0 Å². The van der Waals surface area contributed by atoms with Crippen molar-refractivity contribution < 1.29 is 156 Å². The molecule has 732 valence electrons. The van der Waals surface area contributed by atoms with Gasteiger partial charge in [-0.3, -0.25) is 9.59 Å². The largest absolute Gasteiger partial charge is 0 e. The van der Waals surface area contributed by atoms with Crippen molar-refractivity contribution in [2.24, 2.45) is 23.7 Å². The smallest absolute Gasteiger partial charge is 0 e. The molecule has 0 aromatic heterocycles. The summed E-state index contributed by atoms with van der Waals surface area (Å²) in [5, 5.41) is 2.36. The summed E-state index contributed by atoms with van der Waals surface area (Å²) in [4.78, 5) is 26.2. The normalized spacial score (nSPS) is 34.7. The van der Waals surface area contributed by atoms with Gasteiger partial charge in [0.2, 0.25) is 8.32 Å². The number of fused-ring (bicyclic) bond motifs is 9. The summed E-state index contributed by atoms with van der Waals surface area (Å²) in [6.07, 6.45) is 11.5. The maximum Gasteiger partial charge on any atom is 0 e. The molecule has 0 unspecified atom stereocenters. The fourth-order valence-corrected chi connectivity index (χ4v) is 27.7. The fraction of sp³-hybridized carbons (Fsp3) is 0.585. The molecule has 8 fully saturated rings. The van der Waals surface area contributed by atoms with Crippen molar-refractivity contribution in [3.8, 4) is 0 Å². The first-order valence-electron chi connectivity index (χ1n) is 46.4. The molecule has 5 aromatic rings. The van der Waals surface area contributed by atoms with Gasteiger partial charge in [0.25, 0.3) is 0 Å². The first-order valence-corrected chi connectivity index (χ1v) is 48.6. The standard InChI is InChI=1S/C100H130O20Si.6CO.2Co/c1-59(2)121(60(3)4,61(5)6)120-94-65(10)92-88(117-93-64(9)66(11)100(119-98(93)94)53-76(58-107-100)108-67(12)101)51-84-82(116-92)45-62(7)46-86-85(113-84)52-91(109-68(13)102)99(14,118-86)90(104-54-69-29-19-15-20-30-69)49-75-37-25-18-26-38-77-78(110-75)41-42-80-79(111-77)43-44-81-83(112-80)50-89-96(115-81)97(106-56-71-33-23-17-24-34-71)95(105-55-70-31-21-16-22-32-70)87(114-89)47-63(8)103-57-72-39-40-73-35-27-28-36-74(73)48-72;6*1-2;;/h15-24,26-36,39-44,48,59-66,75-98H,38,45-47,49-58H2,1-14H3;;;;;;;;/b26-18-,37-25?;;;;;;;;/t62-,63+,64+,65-,66+,75+,76+,77-,78+,79+,80-,81-,82+,83+,84-,85+,86-,87+,88+,89-,90-,91-,92-,93-,94+,95+,96-,97-,98-,99+,100-;;;;;;;;/m1......../s1. The SMILES string of the molecule is CC(=O)O[C@@H]1CO[C@]2(C1)O[C@@H]1[C@H](O[C@H]3C[C@H]4O[C@H]5C[C@@H](OC(C)=O)[C@](C)([C@@H](C[C@@H]6[C]=[C]/C=C\C[C@H]7O[C@H]8C=C[C@H]9O[C@H]%10[C@H](OCc%11ccccc%11)[C@@H](OCc%11ccccc%11)[C@H](C[C@H](C)OCc%11ccc%12ccccc%12c%11)O[C@@H]%10C[C@@H]9O[C@@H]8C=C[C@@H]7O6)OCc6ccccc6)O[C@@H]5C[C@H](C)C[C@@H]4O[C@@H]3[C@@H](C)[C@@H]1O[Si](C(C)C)(C(C)C)C(C)C)[C@@H](C)[C@@H]2C.[C-]#[O+].[C-]#[O+].[C-]#[O+].[C-]#[O+].[C-]#[O+].[C-]#[O+].[Co].[Co]. The number of carbonyl (C=O) groups is 2. The molecular formula is C106H130Co2O26Si. The second kappa shape index (κ2) is 54.3. The Hall–Kier alpha value is -6.71. The molecule has 8 saturated heterocycles. The minimum absolute atomic E-state index is 0. The number of hydrogen-bond acceptors (Lipinski definition) is 20. The minimum atomic E-state index is -2.58. The minimum Gasteiger partial charge on any atom is 0 e. The van der Waals surface area contributed by atoms with E-state index in [1.807, 2.05) is 79.7 Å². The van der Waals surface area contributed by atoms with Crippen molar-refractivity contribution in [3.05, 3.63) is 244 Å². The summed E-state index contributed by atoms with van der Waals surface area (Å²) in [5.41, 5.74) is 3.80. The van der Waals surface area contributed by atoms with Gasteiger partial charge < -0.3 is 85.0 Å². The molecule has 0 bridgehead atoms. The molecule has 4 radical (unpaired) electrons. The van der Waals surface area contributed by atoms with E-state index in [4.69, 9.17) is 113 Å². The van der Waals surface area contributed by atoms with Gasteiger partial charge in [-0.1, -0.05) is 233 Å². The molecule has 11 aliphatic rings. The molecule has 0 aliphatic carbocycles. The zero-order valence-corrected chi connectivity index (χ0v) is 82.4. The van der Waals surface area contributed by atoms with Crippen LogP contribution >= 0.6 is 0 Å². The summed E-state index contributed by atoms with van der Waals surface area (Å²) < 4.78 is 175. The second-order valence-corrected chi connectivity index (χ2v) is 43.1. The van der Waals surface area contributed by atoms with Gasteiger partial charge in [-0.2, -0.15) is 0 Å². The Morgan fingerprint density at radius 3 is 1.60 bits per heavy atom. The van der Waals surface area contributed by atoms with Gasteiger partial charge >= 0.3 is 79.8 Å². The topological polar surface area (TPSA) is 320 Å². The number of esters is 2. The van der Waals surface area contributed by atoms with Crippen molar-refractivity contribution in [1.29, 1.82) is 0 Å². The van der Waals surface area contributed by atoms with E-state index in [1.54, 1.807) is 0 Å². The van der Waals surface area contributed by atoms with E-state index in [2.05, 4.69) is 225 Å². The average molecular weight is 1970 g/mol. The zero-order chi connectivity index (χ0) is 96.4. The summed E-state index contributed by atoms with van der Waals surface area (Å²) in [7, 11) is -2.58. The Morgan fingerprint density at radius 1 is 0.474 bits per heavy atom. The van der Waals surface area contributed by atoms with Crippen LogP contribution in [0.5, 0.6) is 0 Å². The van der Waals surface area contributed by atoms with E-state index >= 15 is 0 Å². The predicted molar refractivity (Wildman–Crippen MR) is 482 cm³/mol. The van der Waals surface area contributed by atoms with Crippen LogP contribution in [0.15, 0.2) is 170 Å². The third-order valence-corrected chi connectivity index (χ3v) is 34.5. The molecule has 0 N–H and O–H groups in total. The van der Waals surface area contributed by atoms with Gasteiger partial charge in [-0.15, -0.1) is 0 Å². The zero-order valence-electron chi connectivity index (χ0n) is 79.3. The molecule has 0 saturated carbocycles. The van der Waals surface area contributed by atoms with Crippen LogP contribution in [-0.4, -0.2) is 191 Å². The maximum absolute atomic E-state index is 13.8. The van der Waals surface area contributed by atoms with Gasteiger partial charge in [0.15, 0.2) is 5.79 Å². The van der Waals surface area contributed by atoms with Crippen molar-refractivity contribution in [2.75, 3.05) is 6.61 Å². The molecule has 16 rings (SSSR count). The van der Waals surface area contributed by atoms with Crippen molar-refractivity contribution in [3.63, 3.8) is 0 Å². The Morgan fingerprint density at radius 2 is 0.993 bits per heavy atom. The third-order valence-electron chi connectivity index (χ3n) is 28.4. The summed E-state index contributed by atoms with van der Waals surface area (Å²) in [6.45, 7) is 58.6. The molecule has 11 aliphatic heterocycles. The van der Waals surface area contributed by atoms with Crippen LogP contribution in [-0.2, 0) is 182 Å². The Kier molecular flexibility index (Phi) is 45.7. The van der Waals surface area contributed by atoms with Crippen LogP contribution < -0.4 is 0 Å². The maximum atomic E-state index is 13.8. The van der Waals surface area contributed by atoms with Crippen LogP contribution in [0.3, 0.4) is 0 Å². The van der Waals surface area contributed by atoms with E-state index in [1.165, 1.54) is 24.6 Å². The summed E-state index contributed by atoms with van der Waals surface area (Å²) in [6, 6.07) is 45.5. The van der Waals surface area contributed by atoms with Crippen LogP contribution in [0.1, 0.15) is 177 Å². The van der Waals surface area contributed by atoms with Crippen molar-refractivity contribution in [2.45, 2.75) is 362 Å². The van der Waals surface area contributed by atoms with Gasteiger partial charge in [0, 0.05) is 97.8 Å². The second-order valence-electron chi connectivity index (χ2n) is 37.7. The Labute approximate surface area is 818 Å². The molecule has 5 aromatic carbocycles. The Bertz CT molecular complexity index is 4630. The number of ether oxygens (including phenoxy) is 17. The van der Waals surface area contributed by atoms with Gasteiger partial charge in [-0.05, 0) is 113 Å². The summed E-state index contributed by atoms with van der Waals surface area (Å²) in [5.74, 6) is -2.05. The van der Waals surface area contributed by atoms with Crippen molar-refractivity contribution >= 4 is 31.0 Å². The Balaban J connectivity index is 0.00000154. The molecular weight excluding hydrogens is 1840 g/mol.